The summed E-state index contributed by atoms with van der Waals surface area (Å²) in [5.41, 5.74) is 1.75. The lowest BCUT2D eigenvalue weighted by molar-refractivity contribution is -0.169. The van der Waals surface area contributed by atoms with E-state index in [-0.39, 0.29) is 22.9 Å². The molecule has 2 heteroatoms. The standard InChI is InChI=1S/C22H38O2/c1-15(2)17-12-11-16(3)18(13-17)24-19(23)22(10,21(7,8)9)14-20(4,5)6/h11,17-18H,1,12-14H2,2-10H3/t17-,18-,22?/m1/s1. The number of carbonyl (C=O) groups excluding carboxylic acids is 1. The van der Waals surface area contributed by atoms with Gasteiger partial charge >= 0.3 is 5.97 Å². The first-order valence-corrected chi connectivity index (χ1v) is 9.20. The third-order valence-electron chi connectivity index (χ3n) is 5.67. The number of ether oxygens (including phenoxy) is 1. The maximum atomic E-state index is 13.2. The van der Waals surface area contributed by atoms with Gasteiger partial charge in [-0.05, 0) is 62.4 Å². The van der Waals surface area contributed by atoms with E-state index in [1.54, 1.807) is 0 Å². The molecule has 0 amide bonds. The Bertz CT molecular complexity index is 513. The first kappa shape index (κ1) is 21.0. The fourth-order valence-electron chi connectivity index (χ4n) is 3.51. The number of allylic oxidation sites excluding steroid dienone is 2. The summed E-state index contributed by atoms with van der Waals surface area (Å²) in [6.07, 6.45) is 4.77. The van der Waals surface area contributed by atoms with Crippen LogP contribution in [0.2, 0.25) is 0 Å². The topological polar surface area (TPSA) is 26.3 Å². The molecule has 0 N–H and O–H groups in total. The fraction of sp³-hybridized carbons (Fsp3) is 0.773. The second-order valence-electron chi connectivity index (χ2n) is 10.2. The second kappa shape index (κ2) is 7.06. The molecule has 0 aromatic heterocycles. The van der Waals surface area contributed by atoms with Crippen molar-refractivity contribution in [3.05, 3.63) is 23.8 Å². The van der Waals surface area contributed by atoms with Gasteiger partial charge in [0.2, 0.25) is 0 Å². The lowest BCUT2D eigenvalue weighted by Crippen LogP contribution is -2.46. The Balaban J connectivity index is 3.02. The van der Waals surface area contributed by atoms with Crippen molar-refractivity contribution in [1.82, 2.24) is 0 Å². The van der Waals surface area contributed by atoms with E-state index in [0.29, 0.717) is 5.92 Å². The molecule has 0 fully saturated rings. The summed E-state index contributed by atoms with van der Waals surface area (Å²) in [4.78, 5) is 13.2. The van der Waals surface area contributed by atoms with Crippen molar-refractivity contribution >= 4 is 5.97 Å². The summed E-state index contributed by atoms with van der Waals surface area (Å²) >= 11 is 0. The van der Waals surface area contributed by atoms with Gasteiger partial charge in [-0.15, -0.1) is 0 Å². The average Bonchev–Trinajstić information content (AvgIpc) is 2.37. The maximum absolute atomic E-state index is 13.2. The van der Waals surface area contributed by atoms with Gasteiger partial charge in [0.05, 0.1) is 5.41 Å². The van der Waals surface area contributed by atoms with Crippen LogP contribution in [0.1, 0.15) is 81.6 Å². The van der Waals surface area contributed by atoms with E-state index in [2.05, 4.69) is 75.0 Å². The minimum Gasteiger partial charge on any atom is -0.457 e. The summed E-state index contributed by atoms with van der Waals surface area (Å²) in [7, 11) is 0. The molecular weight excluding hydrogens is 296 g/mol. The van der Waals surface area contributed by atoms with Crippen molar-refractivity contribution in [2.45, 2.75) is 87.7 Å². The molecule has 1 aliphatic carbocycles. The lowest BCUT2D eigenvalue weighted by atomic mass is 9.61. The van der Waals surface area contributed by atoms with Crippen LogP contribution in [0.4, 0.5) is 0 Å². The fourth-order valence-corrected chi connectivity index (χ4v) is 3.51. The molecule has 24 heavy (non-hydrogen) atoms. The predicted octanol–water partition coefficient (Wildman–Crippen LogP) is 6.32. The highest BCUT2D eigenvalue weighted by molar-refractivity contribution is 5.78. The Morgan fingerprint density at radius 2 is 1.75 bits per heavy atom. The van der Waals surface area contributed by atoms with Gasteiger partial charge < -0.3 is 4.74 Å². The predicted molar refractivity (Wildman–Crippen MR) is 103 cm³/mol. The van der Waals surface area contributed by atoms with E-state index in [4.69, 9.17) is 4.74 Å². The molecule has 1 unspecified atom stereocenters. The van der Waals surface area contributed by atoms with E-state index in [1.165, 1.54) is 11.1 Å². The van der Waals surface area contributed by atoms with Gasteiger partial charge in [0.15, 0.2) is 0 Å². The summed E-state index contributed by atoms with van der Waals surface area (Å²) in [5.74, 6) is 0.347. The molecule has 0 bridgehead atoms. The zero-order valence-corrected chi connectivity index (χ0v) is 17.4. The van der Waals surface area contributed by atoms with Gasteiger partial charge in [-0.3, -0.25) is 4.79 Å². The van der Waals surface area contributed by atoms with Crippen LogP contribution >= 0.6 is 0 Å². The Labute approximate surface area is 149 Å². The zero-order valence-electron chi connectivity index (χ0n) is 17.4. The highest BCUT2D eigenvalue weighted by Crippen LogP contribution is 2.48. The van der Waals surface area contributed by atoms with Crippen molar-refractivity contribution in [3.8, 4) is 0 Å². The Hall–Kier alpha value is -1.05. The van der Waals surface area contributed by atoms with Crippen molar-refractivity contribution in [3.63, 3.8) is 0 Å². The van der Waals surface area contributed by atoms with Crippen LogP contribution in [-0.2, 0) is 9.53 Å². The van der Waals surface area contributed by atoms with Crippen LogP contribution in [0, 0.1) is 22.2 Å². The van der Waals surface area contributed by atoms with Crippen LogP contribution in [0.5, 0.6) is 0 Å². The molecule has 1 rings (SSSR count). The van der Waals surface area contributed by atoms with Gasteiger partial charge in [-0.2, -0.15) is 0 Å². The Kier molecular flexibility index (Phi) is 6.17. The van der Waals surface area contributed by atoms with Gasteiger partial charge in [0, 0.05) is 0 Å². The average molecular weight is 335 g/mol. The monoisotopic (exact) mass is 334 g/mol. The van der Waals surface area contributed by atoms with E-state index in [0.717, 1.165) is 19.3 Å². The normalized spacial score (nSPS) is 24.8. The number of carbonyl (C=O) groups is 1. The highest BCUT2D eigenvalue weighted by atomic mass is 16.5. The van der Waals surface area contributed by atoms with Crippen LogP contribution in [0.3, 0.4) is 0 Å². The first-order chi connectivity index (χ1) is 10.7. The van der Waals surface area contributed by atoms with Gasteiger partial charge in [0.25, 0.3) is 0 Å². The summed E-state index contributed by atoms with van der Waals surface area (Å²) < 4.78 is 6.07. The molecule has 0 spiro atoms. The largest absolute Gasteiger partial charge is 0.457 e. The Morgan fingerprint density at radius 1 is 1.21 bits per heavy atom. The highest BCUT2D eigenvalue weighted by Gasteiger charge is 2.48. The lowest BCUT2D eigenvalue weighted by Gasteiger charge is -2.44. The zero-order chi connectivity index (χ0) is 18.9. The molecule has 0 aromatic rings. The van der Waals surface area contributed by atoms with Gasteiger partial charge in [-0.1, -0.05) is 59.8 Å². The van der Waals surface area contributed by atoms with Crippen LogP contribution < -0.4 is 0 Å². The molecule has 0 aromatic carbocycles. The van der Waals surface area contributed by atoms with Crippen LogP contribution in [0.25, 0.3) is 0 Å². The molecule has 0 radical (unpaired) electrons. The minimum atomic E-state index is -0.512. The van der Waals surface area contributed by atoms with Crippen molar-refractivity contribution in [2.24, 2.45) is 22.2 Å². The van der Waals surface area contributed by atoms with Crippen molar-refractivity contribution < 1.29 is 9.53 Å². The SMILES string of the molecule is C=C(C)[C@@H]1CC=C(C)[C@H](OC(=O)C(C)(CC(C)(C)C)C(C)(C)C)C1. The summed E-state index contributed by atoms with van der Waals surface area (Å²) in [5, 5.41) is 0. The van der Waals surface area contributed by atoms with E-state index >= 15 is 0 Å². The molecule has 0 saturated heterocycles. The quantitative estimate of drug-likeness (QED) is 0.444. The molecule has 2 nitrogen and oxygen atoms in total. The second-order valence-corrected chi connectivity index (χ2v) is 10.2. The van der Waals surface area contributed by atoms with E-state index < -0.39 is 5.41 Å². The summed E-state index contributed by atoms with van der Waals surface area (Å²) in [6.45, 7) is 23.3. The number of rotatable bonds is 4. The van der Waals surface area contributed by atoms with Crippen molar-refractivity contribution in [2.75, 3.05) is 0 Å². The Morgan fingerprint density at radius 3 is 2.17 bits per heavy atom. The van der Waals surface area contributed by atoms with Crippen LogP contribution in [-0.4, -0.2) is 12.1 Å². The molecule has 0 saturated carbocycles. The van der Waals surface area contributed by atoms with Gasteiger partial charge in [-0.25, -0.2) is 0 Å². The number of esters is 1. The molecule has 0 aliphatic heterocycles. The first-order valence-electron chi connectivity index (χ1n) is 9.20. The number of hydrogen-bond donors (Lipinski definition) is 0. The van der Waals surface area contributed by atoms with E-state index in [9.17, 15) is 4.79 Å². The third kappa shape index (κ3) is 4.97. The van der Waals surface area contributed by atoms with Crippen LogP contribution in [0.15, 0.2) is 23.8 Å². The number of hydrogen-bond acceptors (Lipinski definition) is 2. The minimum absolute atomic E-state index is 0.0648. The van der Waals surface area contributed by atoms with Gasteiger partial charge in [0.1, 0.15) is 6.10 Å². The smallest absolute Gasteiger partial charge is 0.312 e. The summed E-state index contributed by atoms with van der Waals surface area (Å²) in [6, 6.07) is 0. The van der Waals surface area contributed by atoms with E-state index in [1.807, 2.05) is 0 Å². The molecule has 138 valence electrons. The van der Waals surface area contributed by atoms with Crippen molar-refractivity contribution in [1.29, 1.82) is 0 Å². The molecular formula is C22H38O2. The molecule has 3 atom stereocenters. The maximum Gasteiger partial charge on any atom is 0.312 e. The molecule has 1 aliphatic rings. The molecule has 0 heterocycles. The third-order valence-corrected chi connectivity index (χ3v) is 5.67.